The summed E-state index contributed by atoms with van der Waals surface area (Å²) in [7, 11) is 0. The van der Waals surface area contributed by atoms with Gasteiger partial charge in [0.05, 0.1) is 12.0 Å². The lowest BCUT2D eigenvalue weighted by Crippen LogP contribution is -2.30. The van der Waals surface area contributed by atoms with Crippen LogP contribution in [0.25, 0.3) is 5.70 Å². The van der Waals surface area contributed by atoms with E-state index in [1.807, 2.05) is 13.8 Å². The number of pyridine rings is 1. The van der Waals surface area contributed by atoms with Crippen molar-refractivity contribution in [3.8, 4) is 0 Å². The summed E-state index contributed by atoms with van der Waals surface area (Å²) in [5, 5.41) is 2.64. The third-order valence-electron chi connectivity index (χ3n) is 7.57. The second-order valence-corrected chi connectivity index (χ2v) is 10.3. The highest BCUT2D eigenvalue weighted by molar-refractivity contribution is 6.07. The van der Waals surface area contributed by atoms with Gasteiger partial charge in [0.25, 0.3) is 0 Å². The molecule has 1 amide bonds. The van der Waals surface area contributed by atoms with Crippen LogP contribution in [0.15, 0.2) is 22.8 Å². The summed E-state index contributed by atoms with van der Waals surface area (Å²) in [5.41, 5.74) is 8.24. The average Bonchev–Trinajstić information content (AvgIpc) is 2.81. The van der Waals surface area contributed by atoms with E-state index in [9.17, 15) is 22.4 Å². The third kappa shape index (κ3) is 7.11. The molecular formula is C28H40F4N4O. The molecule has 2 aliphatic rings. The average molecular weight is 525 g/mol. The number of halogens is 4. The molecule has 0 aliphatic heterocycles. The Bertz CT molecular complexity index is 1000. The molecule has 1 heterocycles. The number of hydrogen-bond donors (Lipinski definition) is 2. The number of amides is 1. The number of allylic oxidation sites excluding steroid dienone is 1. The van der Waals surface area contributed by atoms with Gasteiger partial charge < -0.3 is 11.1 Å². The molecule has 2 aliphatic carbocycles. The number of alkyl halides is 4. The van der Waals surface area contributed by atoms with Crippen LogP contribution in [0.5, 0.6) is 0 Å². The zero-order valence-electron chi connectivity index (χ0n) is 22.1. The number of carbonyl (C=O) groups excluding carboxylic acids is 1. The maximum Gasteiger partial charge on any atom is 0.395 e. The van der Waals surface area contributed by atoms with E-state index in [2.05, 4.69) is 10.3 Å². The van der Waals surface area contributed by atoms with Gasteiger partial charge in [0.2, 0.25) is 5.91 Å². The summed E-state index contributed by atoms with van der Waals surface area (Å²) in [6.45, 7) is 4.98. The molecule has 2 saturated carbocycles. The summed E-state index contributed by atoms with van der Waals surface area (Å²) in [6, 6.07) is 0.980. The van der Waals surface area contributed by atoms with Gasteiger partial charge in [-0.1, -0.05) is 33.1 Å². The number of anilines is 1. The van der Waals surface area contributed by atoms with Crippen LogP contribution in [0.4, 0.5) is 23.4 Å². The first kappa shape index (κ1) is 29.1. The smallest absolute Gasteiger partial charge is 0.395 e. The quantitative estimate of drug-likeness (QED) is 0.311. The molecule has 3 N–H and O–H groups in total. The molecule has 37 heavy (non-hydrogen) atoms. The molecule has 0 saturated heterocycles. The molecule has 0 bridgehead atoms. The summed E-state index contributed by atoms with van der Waals surface area (Å²) < 4.78 is 56.9. The van der Waals surface area contributed by atoms with E-state index in [-0.39, 0.29) is 34.5 Å². The SMILES string of the molecule is CCCC(F)C(CCC)N=C1CCCC/C1=C(/N)c1ccnc(NC(=O)C2CCC2)c1C(C)C(F)(F)F. The van der Waals surface area contributed by atoms with Crippen LogP contribution in [0, 0.1) is 5.92 Å². The fourth-order valence-electron chi connectivity index (χ4n) is 5.07. The van der Waals surface area contributed by atoms with E-state index in [4.69, 9.17) is 10.7 Å². The normalized spacial score (nSPS) is 21.8. The number of aromatic nitrogens is 1. The second-order valence-electron chi connectivity index (χ2n) is 10.3. The van der Waals surface area contributed by atoms with E-state index in [0.717, 1.165) is 32.6 Å². The van der Waals surface area contributed by atoms with Crippen molar-refractivity contribution < 1.29 is 22.4 Å². The lowest BCUT2D eigenvalue weighted by atomic mass is 9.84. The predicted molar refractivity (Wildman–Crippen MR) is 140 cm³/mol. The van der Waals surface area contributed by atoms with Crippen LogP contribution < -0.4 is 11.1 Å². The van der Waals surface area contributed by atoms with Gasteiger partial charge in [-0.3, -0.25) is 9.79 Å². The zero-order valence-corrected chi connectivity index (χ0v) is 22.1. The minimum atomic E-state index is -4.56. The molecule has 1 aromatic rings. The van der Waals surface area contributed by atoms with Crippen molar-refractivity contribution in [3.05, 3.63) is 29.0 Å². The highest BCUT2D eigenvalue weighted by atomic mass is 19.4. The van der Waals surface area contributed by atoms with E-state index in [1.54, 1.807) is 0 Å². The first-order chi connectivity index (χ1) is 17.6. The Morgan fingerprint density at radius 1 is 1.16 bits per heavy atom. The first-order valence-corrected chi connectivity index (χ1v) is 13.6. The van der Waals surface area contributed by atoms with Crippen LogP contribution in [-0.2, 0) is 4.79 Å². The van der Waals surface area contributed by atoms with E-state index in [1.165, 1.54) is 12.3 Å². The maximum atomic E-state index is 14.9. The lowest BCUT2D eigenvalue weighted by Gasteiger charge is -2.28. The predicted octanol–water partition coefficient (Wildman–Crippen LogP) is 7.48. The molecule has 0 radical (unpaired) electrons. The van der Waals surface area contributed by atoms with Crippen LogP contribution in [0.3, 0.4) is 0 Å². The Labute approximate surface area is 217 Å². The Morgan fingerprint density at radius 2 is 1.84 bits per heavy atom. The van der Waals surface area contributed by atoms with Gasteiger partial charge in [0.15, 0.2) is 0 Å². The van der Waals surface area contributed by atoms with E-state index in [0.29, 0.717) is 56.2 Å². The second kappa shape index (κ2) is 12.9. The minimum absolute atomic E-state index is 0.104. The number of nitrogens with one attached hydrogen (secondary N) is 1. The maximum absolute atomic E-state index is 14.9. The summed E-state index contributed by atoms with van der Waals surface area (Å²) >= 11 is 0. The largest absolute Gasteiger partial charge is 0.398 e. The molecule has 2 fully saturated rings. The Morgan fingerprint density at radius 3 is 2.43 bits per heavy atom. The number of aliphatic imine (C=N–C) groups is 1. The zero-order chi connectivity index (χ0) is 27.2. The molecule has 5 nitrogen and oxygen atoms in total. The van der Waals surface area contributed by atoms with Gasteiger partial charge in [-0.25, -0.2) is 9.37 Å². The number of nitrogens with two attached hydrogens (primary N) is 1. The van der Waals surface area contributed by atoms with Crippen molar-refractivity contribution in [2.75, 3.05) is 5.32 Å². The standard InChI is InChI=1S/C28H40F4N4O/c1-4-9-21(29)23(10-5-2)35-22-14-7-6-13-19(22)25(33)20-15-16-34-26(24(20)17(3)28(30,31)32)36-27(37)18-11-8-12-18/h15-18,21,23H,4-14,33H2,1-3H3,(H,34,36,37)/b25-19-,35-22?. The fraction of sp³-hybridized carbons (Fsp3) is 0.679. The summed E-state index contributed by atoms with van der Waals surface area (Å²) in [4.78, 5) is 21.6. The highest BCUT2D eigenvalue weighted by Gasteiger charge is 2.41. The molecule has 0 spiro atoms. The van der Waals surface area contributed by atoms with Crippen LogP contribution in [-0.4, -0.2) is 35.0 Å². The van der Waals surface area contributed by atoms with Crippen molar-refractivity contribution in [2.24, 2.45) is 16.6 Å². The van der Waals surface area contributed by atoms with Crippen molar-refractivity contribution >= 4 is 23.1 Å². The molecule has 3 atom stereocenters. The van der Waals surface area contributed by atoms with Crippen molar-refractivity contribution in [1.82, 2.24) is 4.98 Å². The van der Waals surface area contributed by atoms with Gasteiger partial charge in [0, 0.05) is 34.7 Å². The van der Waals surface area contributed by atoms with Crippen LogP contribution >= 0.6 is 0 Å². The minimum Gasteiger partial charge on any atom is -0.398 e. The molecule has 1 aromatic heterocycles. The first-order valence-electron chi connectivity index (χ1n) is 13.6. The topological polar surface area (TPSA) is 80.4 Å². The van der Waals surface area contributed by atoms with E-state index < -0.39 is 24.3 Å². The molecular weight excluding hydrogens is 484 g/mol. The molecule has 3 unspecified atom stereocenters. The van der Waals surface area contributed by atoms with Gasteiger partial charge in [0.1, 0.15) is 12.0 Å². The third-order valence-corrected chi connectivity index (χ3v) is 7.57. The number of nitrogens with zero attached hydrogens (tertiary/aromatic N) is 2. The van der Waals surface area contributed by atoms with Crippen LogP contribution in [0.2, 0.25) is 0 Å². The Kier molecular flexibility index (Phi) is 10.1. The Balaban J connectivity index is 2.10. The van der Waals surface area contributed by atoms with Crippen molar-refractivity contribution in [2.45, 2.75) is 116 Å². The number of hydrogen-bond acceptors (Lipinski definition) is 4. The highest BCUT2D eigenvalue weighted by Crippen LogP contribution is 2.42. The van der Waals surface area contributed by atoms with E-state index >= 15 is 0 Å². The number of carbonyl (C=O) groups is 1. The van der Waals surface area contributed by atoms with Crippen LogP contribution in [0.1, 0.15) is 108 Å². The fourth-order valence-corrected chi connectivity index (χ4v) is 5.07. The van der Waals surface area contributed by atoms with Crippen molar-refractivity contribution in [1.29, 1.82) is 0 Å². The number of rotatable bonds is 10. The van der Waals surface area contributed by atoms with Gasteiger partial charge >= 0.3 is 6.18 Å². The lowest BCUT2D eigenvalue weighted by molar-refractivity contribution is -0.146. The van der Waals surface area contributed by atoms with Gasteiger partial charge in [-0.2, -0.15) is 13.2 Å². The van der Waals surface area contributed by atoms with Gasteiger partial charge in [-0.05, 0) is 69.9 Å². The summed E-state index contributed by atoms with van der Waals surface area (Å²) in [6.07, 6.45) is 3.46. The molecule has 0 aromatic carbocycles. The van der Waals surface area contributed by atoms with Crippen molar-refractivity contribution in [3.63, 3.8) is 0 Å². The molecule has 206 valence electrons. The van der Waals surface area contributed by atoms with Gasteiger partial charge in [-0.15, -0.1) is 0 Å². The summed E-state index contributed by atoms with van der Waals surface area (Å²) in [5.74, 6) is -2.53. The molecule has 9 heteroatoms. The monoisotopic (exact) mass is 524 g/mol. The Hall–Kier alpha value is -2.45. The molecule has 3 rings (SSSR count).